The molecule has 0 spiro atoms. The minimum Gasteiger partial charge on any atom is -0.229 e. The van der Waals surface area contributed by atoms with Gasteiger partial charge in [0.15, 0.2) is 5.03 Å². The Morgan fingerprint density at radius 1 is 1.53 bits per heavy atom. The van der Waals surface area contributed by atoms with Crippen molar-refractivity contribution in [2.24, 2.45) is 5.14 Å². The Kier molecular flexibility index (Phi) is 3.61. The maximum atomic E-state index is 12.5. The summed E-state index contributed by atoms with van der Waals surface area (Å²) in [5, 5.41) is 4.27. The predicted molar refractivity (Wildman–Crippen MR) is 58.0 cm³/mol. The van der Waals surface area contributed by atoms with Gasteiger partial charge in [0, 0.05) is 5.56 Å². The summed E-state index contributed by atoms with van der Waals surface area (Å²) in [5.41, 5.74) is -0.101. The second-order valence-corrected chi connectivity index (χ2v) is 5.34. The van der Waals surface area contributed by atoms with Gasteiger partial charge in [0.05, 0.1) is 0 Å². The molecule has 0 radical (unpaired) electrons. The number of hydrogen-bond acceptors (Lipinski definition) is 3. The molecule has 0 fully saturated rings. The molecular weight excluding hydrogens is 341 g/mol. The lowest BCUT2D eigenvalue weighted by Gasteiger charge is -2.08. The van der Waals surface area contributed by atoms with Gasteiger partial charge in [-0.05, 0) is 41.1 Å². The third-order valence-corrected chi connectivity index (χ3v) is 3.60. The van der Waals surface area contributed by atoms with Crippen LogP contribution >= 0.6 is 22.6 Å². The molecule has 0 saturated heterocycles. The molecule has 0 aliphatic heterocycles. The predicted octanol–water partition coefficient (Wildman–Crippen LogP) is 1.58. The molecule has 0 bridgehead atoms. The molecule has 0 aromatic carbocycles. The van der Waals surface area contributed by atoms with Crippen molar-refractivity contribution in [2.75, 3.05) is 0 Å². The van der Waals surface area contributed by atoms with Crippen LogP contribution in [0.1, 0.15) is 17.6 Å². The molecule has 1 aromatic rings. The fourth-order valence-electron chi connectivity index (χ4n) is 0.946. The number of aromatic nitrogens is 1. The first-order chi connectivity index (χ1) is 6.73. The molecule has 15 heavy (non-hydrogen) atoms. The van der Waals surface area contributed by atoms with Gasteiger partial charge in [0.2, 0.25) is 0 Å². The van der Waals surface area contributed by atoms with Gasteiger partial charge in [-0.1, -0.05) is 0 Å². The lowest BCUT2D eigenvalue weighted by molar-refractivity contribution is 0.150. The molecule has 0 saturated carbocycles. The first-order valence-corrected chi connectivity index (χ1v) is 6.34. The van der Waals surface area contributed by atoms with Gasteiger partial charge in [0.1, 0.15) is 3.70 Å². The highest BCUT2D eigenvalue weighted by atomic mass is 127. The number of hydrogen-bond donors (Lipinski definition) is 1. The number of halogens is 3. The van der Waals surface area contributed by atoms with Gasteiger partial charge >= 0.3 is 0 Å². The molecule has 4 nitrogen and oxygen atoms in total. The van der Waals surface area contributed by atoms with Crippen LogP contribution in [-0.2, 0) is 10.0 Å². The fourth-order valence-corrected chi connectivity index (χ4v) is 2.19. The van der Waals surface area contributed by atoms with E-state index in [1.807, 2.05) is 0 Å². The number of nitrogens with two attached hydrogens (primary N) is 1. The molecule has 2 N–H and O–H groups in total. The molecule has 0 unspecified atom stereocenters. The molecule has 0 aliphatic rings. The maximum absolute atomic E-state index is 12.5. The zero-order valence-corrected chi connectivity index (χ0v) is 10.5. The van der Waals surface area contributed by atoms with E-state index in [0.717, 1.165) is 6.07 Å². The molecule has 0 amide bonds. The fraction of sp³-hybridized carbons (Fsp3) is 0.286. The number of primary sulfonamides is 1. The van der Waals surface area contributed by atoms with Gasteiger partial charge < -0.3 is 0 Å². The first kappa shape index (κ1) is 12.7. The molecule has 0 atom stereocenters. The number of pyridine rings is 1. The minimum absolute atomic E-state index is 0.203. The quantitative estimate of drug-likeness (QED) is 0.652. The van der Waals surface area contributed by atoms with Gasteiger partial charge in [-0.2, -0.15) is 0 Å². The Morgan fingerprint density at radius 3 is 2.47 bits per heavy atom. The average Bonchev–Trinajstić information content (AvgIpc) is 2.06. The molecule has 0 aliphatic carbocycles. The zero-order chi connectivity index (χ0) is 11.8. The van der Waals surface area contributed by atoms with Crippen LogP contribution in [0, 0.1) is 10.6 Å². The Morgan fingerprint density at radius 2 is 2.07 bits per heavy atom. The van der Waals surface area contributed by atoms with E-state index in [1.165, 1.54) is 6.92 Å². The van der Waals surface area contributed by atoms with E-state index in [2.05, 4.69) is 4.98 Å². The van der Waals surface area contributed by atoms with Crippen LogP contribution in [0.2, 0.25) is 0 Å². The number of alkyl halides is 2. The summed E-state index contributed by atoms with van der Waals surface area (Å²) >= 11 is 1.68. The summed E-state index contributed by atoms with van der Waals surface area (Å²) in [6.07, 6.45) is -2.75. The van der Waals surface area contributed by atoms with Crippen molar-refractivity contribution in [3.8, 4) is 0 Å². The van der Waals surface area contributed by atoms with Gasteiger partial charge in [-0.25, -0.2) is 27.3 Å². The highest BCUT2D eigenvalue weighted by Gasteiger charge is 2.19. The topological polar surface area (TPSA) is 73.1 Å². The SMILES string of the molecule is Cc1c(C(F)F)cc(S(N)(=O)=O)nc1I. The minimum atomic E-state index is -4.05. The Labute approximate surface area is 99.1 Å². The van der Waals surface area contributed by atoms with Crippen molar-refractivity contribution in [3.05, 3.63) is 20.9 Å². The van der Waals surface area contributed by atoms with Crippen molar-refractivity contribution in [3.63, 3.8) is 0 Å². The highest BCUT2D eigenvalue weighted by Crippen LogP contribution is 2.26. The molecular formula is C7H7F2IN2O2S. The largest absolute Gasteiger partial charge is 0.264 e. The zero-order valence-electron chi connectivity index (χ0n) is 7.54. The smallest absolute Gasteiger partial charge is 0.229 e. The summed E-state index contributed by atoms with van der Waals surface area (Å²) in [4.78, 5) is 3.63. The normalized spacial score (nSPS) is 12.1. The van der Waals surface area contributed by atoms with Crippen LogP contribution in [0.15, 0.2) is 11.1 Å². The molecule has 1 aromatic heterocycles. The van der Waals surface area contributed by atoms with E-state index < -0.39 is 21.5 Å². The van der Waals surface area contributed by atoms with Crippen molar-refractivity contribution < 1.29 is 17.2 Å². The average molecular weight is 348 g/mol. The highest BCUT2D eigenvalue weighted by molar-refractivity contribution is 14.1. The van der Waals surface area contributed by atoms with Gasteiger partial charge in [-0.15, -0.1) is 0 Å². The Balaban J connectivity index is 3.50. The van der Waals surface area contributed by atoms with Crippen LogP contribution in [0.4, 0.5) is 8.78 Å². The third kappa shape index (κ3) is 2.82. The number of rotatable bonds is 2. The lowest BCUT2D eigenvalue weighted by Crippen LogP contribution is -2.15. The second-order valence-electron chi connectivity index (χ2n) is 2.81. The van der Waals surface area contributed by atoms with Gasteiger partial charge in [0.25, 0.3) is 16.4 Å². The molecule has 1 rings (SSSR count). The van der Waals surface area contributed by atoms with Crippen molar-refractivity contribution in [1.82, 2.24) is 4.98 Å². The van der Waals surface area contributed by atoms with Crippen molar-refractivity contribution >= 4 is 32.6 Å². The molecule has 1 heterocycles. The van der Waals surface area contributed by atoms with Crippen LogP contribution in [0.25, 0.3) is 0 Å². The number of nitrogens with zero attached hydrogens (tertiary/aromatic N) is 1. The summed E-state index contributed by atoms with van der Waals surface area (Å²) in [5.74, 6) is 0. The van der Waals surface area contributed by atoms with E-state index in [-0.39, 0.29) is 14.8 Å². The summed E-state index contributed by atoms with van der Waals surface area (Å²) in [7, 11) is -4.05. The van der Waals surface area contributed by atoms with Crippen LogP contribution in [0.5, 0.6) is 0 Å². The summed E-state index contributed by atoms with van der Waals surface area (Å²) in [6.45, 7) is 1.45. The molecule has 8 heteroatoms. The van der Waals surface area contributed by atoms with E-state index in [1.54, 1.807) is 22.6 Å². The summed E-state index contributed by atoms with van der Waals surface area (Å²) in [6, 6.07) is 0.803. The van der Waals surface area contributed by atoms with E-state index in [0.29, 0.717) is 0 Å². The lowest BCUT2D eigenvalue weighted by atomic mass is 10.2. The molecule has 84 valence electrons. The van der Waals surface area contributed by atoms with Crippen molar-refractivity contribution in [2.45, 2.75) is 18.4 Å². The standard InChI is InChI=1S/C7H7F2IN2O2S/c1-3-4(6(8)9)2-5(12-7(3)10)15(11,13)14/h2,6H,1H3,(H2,11,13,14). The second kappa shape index (κ2) is 4.26. The van der Waals surface area contributed by atoms with Crippen molar-refractivity contribution in [1.29, 1.82) is 0 Å². The first-order valence-electron chi connectivity index (χ1n) is 3.71. The van der Waals surface area contributed by atoms with E-state index in [9.17, 15) is 17.2 Å². The van der Waals surface area contributed by atoms with Crippen LogP contribution in [0.3, 0.4) is 0 Å². The van der Waals surface area contributed by atoms with E-state index >= 15 is 0 Å². The maximum Gasteiger partial charge on any atom is 0.264 e. The summed E-state index contributed by atoms with van der Waals surface area (Å²) < 4.78 is 47.1. The van der Waals surface area contributed by atoms with Gasteiger partial charge in [-0.3, -0.25) is 0 Å². The van der Waals surface area contributed by atoms with Crippen LogP contribution < -0.4 is 5.14 Å². The van der Waals surface area contributed by atoms with Crippen LogP contribution in [-0.4, -0.2) is 13.4 Å². The van der Waals surface area contributed by atoms with E-state index in [4.69, 9.17) is 5.14 Å². The number of sulfonamides is 1. The Bertz CT molecular complexity index is 490. The Hall–Kier alpha value is -0.350. The monoisotopic (exact) mass is 348 g/mol. The third-order valence-electron chi connectivity index (χ3n) is 1.76.